The van der Waals surface area contributed by atoms with Gasteiger partial charge in [0.15, 0.2) is 0 Å². The van der Waals surface area contributed by atoms with Gasteiger partial charge in [-0.15, -0.1) is 0 Å². The standard InChI is InChI=1S/C31H37N3O2/c35-29(32-17-14-24-21-33-27-13-7-6-12-25(24)27)26-20-31(26)15-18-34(19-16-31)30(36)28(23-10-4-5-11-23)22-8-2-1-3-9-22/h1-3,6-9,12-13,21,23,26,28,33H,4-5,10-11,14-20H2,(H,32,35)/t26-,28-/m0/s1. The second kappa shape index (κ2) is 9.76. The first-order valence-electron chi connectivity index (χ1n) is 13.8. The lowest BCUT2D eigenvalue weighted by atomic mass is 9.82. The number of nitrogens with zero attached hydrogens (tertiary/aromatic N) is 1. The normalized spacial score (nSPS) is 22.1. The molecule has 1 aliphatic heterocycles. The monoisotopic (exact) mass is 483 g/mol. The highest BCUT2D eigenvalue weighted by Gasteiger charge is 2.58. The van der Waals surface area contributed by atoms with Crippen molar-refractivity contribution in [2.75, 3.05) is 19.6 Å². The Hall–Kier alpha value is -3.08. The lowest BCUT2D eigenvalue weighted by Crippen LogP contribution is -2.44. The van der Waals surface area contributed by atoms with Crippen molar-refractivity contribution in [1.29, 1.82) is 0 Å². The average Bonchev–Trinajstić information content (AvgIpc) is 3.24. The highest BCUT2D eigenvalue weighted by atomic mass is 16.2. The number of H-pyrrole nitrogens is 1. The highest BCUT2D eigenvalue weighted by Crippen LogP contribution is 2.59. The highest BCUT2D eigenvalue weighted by molar-refractivity contribution is 5.85. The van der Waals surface area contributed by atoms with Gasteiger partial charge in [-0.2, -0.15) is 0 Å². The van der Waals surface area contributed by atoms with Gasteiger partial charge in [0.1, 0.15) is 0 Å². The first-order chi connectivity index (χ1) is 17.6. The van der Waals surface area contributed by atoms with Gasteiger partial charge in [-0.3, -0.25) is 9.59 Å². The van der Waals surface area contributed by atoms with Gasteiger partial charge < -0.3 is 15.2 Å². The largest absolute Gasteiger partial charge is 0.361 e. The topological polar surface area (TPSA) is 65.2 Å². The van der Waals surface area contributed by atoms with Crippen LogP contribution in [0.3, 0.4) is 0 Å². The third-order valence-corrected chi connectivity index (χ3v) is 9.24. The molecule has 2 N–H and O–H groups in total. The second-order valence-electron chi connectivity index (χ2n) is 11.3. The molecule has 6 rings (SSSR count). The van der Waals surface area contributed by atoms with E-state index >= 15 is 0 Å². The molecular weight excluding hydrogens is 446 g/mol. The van der Waals surface area contributed by atoms with E-state index in [0.717, 1.165) is 57.1 Å². The molecule has 1 aromatic heterocycles. The van der Waals surface area contributed by atoms with Crippen LogP contribution in [0.1, 0.15) is 62.0 Å². The number of likely N-dealkylation sites (tertiary alicyclic amines) is 1. The number of carbonyl (C=O) groups excluding carboxylic acids is 2. The van der Waals surface area contributed by atoms with Crippen LogP contribution in [-0.2, 0) is 16.0 Å². The van der Waals surface area contributed by atoms with Crippen molar-refractivity contribution >= 4 is 22.7 Å². The summed E-state index contributed by atoms with van der Waals surface area (Å²) in [6.07, 6.45) is 10.5. The minimum atomic E-state index is -0.00874. The Morgan fingerprint density at radius 1 is 1.00 bits per heavy atom. The van der Waals surface area contributed by atoms with E-state index in [1.165, 1.54) is 29.4 Å². The molecule has 5 nitrogen and oxygen atoms in total. The van der Waals surface area contributed by atoms with Gasteiger partial charge in [-0.25, -0.2) is 0 Å². The summed E-state index contributed by atoms with van der Waals surface area (Å²) in [5.74, 6) is 1.07. The van der Waals surface area contributed by atoms with Crippen LogP contribution in [0, 0.1) is 17.3 Å². The number of fused-ring (bicyclic) bond motifs is 1. The predicted molar refractivity (Wildman–Crippen MR) is 143 cm³/mol. The zero-order valence-electron chi connectivity index (χ0n) is 21.0. The molecule has 2 amide bonds. The molecule has 2 heterocycles. The Morgan fingerprint density at radius 2 is 1.72 bits per heavy atom. The molecule has 3 aromatic rings. The van der Waals surface area contributed by atoms with Gasteiger partial charge in [0.25, 0.3) is 0 Å². The fraction of sp³-hybridized carbons (Fsp3) is 0.484. The van der Waals surface area contributed by atoms with Crippen LogP contribution < -0.4 is 5.32 Å². The lowest BCUT2D eigenvalue weighted by Gasteiger charge is -2.36. The van der Waals surface area contributed by atoms with Crippen molar-refractivity contribution in [2.24, 2.45) is 17.3 Å². The third-order valence-electron chi connectivity index (χ3n) is 9.24. The number of benzene rings is 2. The van der Waals surface area contributed by atoms with Crippen LogP contribution in [0.25, 0.3) is 10.9 Å². The summed E-state index contributed by atoms with van der Waals surface area (Å²) in [5.41, 5.74) is 3.67. The number of para-hydroxylation sites is 1. The van der Waals surface area contributed by atoms with Gasteiger partial charge in [-0.1, -0.05) is 61.4 Å². The number of aromatic nitrogens is 1. The molecule has 188 valence electrons. The number of carbonyl (C=O) groups is 2. The SMILES string of the molecule is O=C(NCCc1c[nH]c2ccccc12)[C@@H]1CC12CCN(C(=O)[C@@H](c1ccccc1)C1CCCC1)CC2. The number of hydrogen-bond donors (Lipinski definition) is 2. The van der Waals surface area contributed by atoms with Gasteiger partial charge in [0.2, 0.25) is 11.8 Å². The Bertz CT molecular complexity index is 1220. The molecule has 2 atom stereocenters. The second-order valence-corrected chi connectivity index (χ2v) is 11.3. The maximum absolute atomic E-state index is 13.7. The van der Waals surface area contributed by atoms with Gasteiger partial charge in [0.05, 0.1) is 5.92 Å². The van der Waals surface area contributed by atoms with Crippen LogP contribution in [0.4, 0.5) is 0 Å². The van der Waals surface area contributed by atoms with Crippen LogP contribution in [0.15, 0.2) is 60.8 Å². The van der Waals surface area contributed by atoms with E-state index in [1.807, 2.05) is 12.1 Å². The fourth-order valence-corrected chi connectivity index (χ4v) is 6.99. The number of aromatic amines is 1. The van der Waals surface area contributed by atoms with Crippen LogP contribution >= 0.6 is 0 Å². The molecule has 1 spiro atoms. The van der Waals surface area contributed by atoms with Crippen molar-refractivity contribution in [3.05, 3.63) is 71.9 Å². The molecule has 2 aromatic carbocycles. The molecule has 2 aliphatic carbocycles. The Balaban J connectivity index is 1.02. The summed E-state index contributed by atoms with van der Waals surface area (Å²) in [4.78, 5) is 32.1. The Labute approximate surface area is 213 Å². The third kappa shape index (κ3) is 4.44. The van der Waals surface area contributed by atoms with E-state index in [2.05, 4.69) is 63.9 Å². The summed E-state index contributed by atoms with van der Waals surface area (Å²) in [5, 5.41) is 4.43. The van der Waals surface area contributed by atoms with Crippen LogP contribution in [-0.4, -0.2) is 41.3 Å². The van der Waals surface area contributed by atoms with E-state index in [-0.39, 0.29) is 23.2 Å². The molecular formula is C31H37N3O2. The summed E-state index contributed by atoms with van der Waals surface area (Å²) >= 11 is 0. The molecule has 1 saturated heterocycles. The minimum Gasteiger partial charge on any atom is -0.361 e. The fourth-order valence-electron chi connectivity index (χ4n) is 6.99. The number of nitrogens with one attached hydrogen (secondary N) is 2. The average molecular weight is 484 g/mol. The molecule has 0 radical (unpaired) electrons. The van der Waals surface area contributed by atoms with Gasteiger partial charge in [-0.05, 0) is 67.1 Å². The number of rotatable bonds is 7. The Morgan fingerprint density at radius 3 is 2.50 bits per heavy atom. The summed E-state index contributed by atoms with van der Waals surface area (Å²) in [7, 11) is 0. The predicted octanol–water partition coefficient (Wildman–Crippen LogP) is 5.43. The molecule has 5 heteroatoms. The van der Waals surface area contributed by atoms with Crippen molar-refractivity contribution < 1.29 is 9.59 Å². The zero-order valence-corrected chi connectivity index (χ0v) is 21.0. The molecule has 3 fully saturated rings. The lowest BCUT2D eigenvalue weighted by molar-refractivity contribution is -0.135. The van der Waals surface area contributed by atoms with Gasteiger partial charge in [0, 0.05) is 42.7 Å². The van der Waals surface area contributed by atoms with Gasteiger partial charge >= 0.3 is 0 Å². The van der Waals surface area contributed by atoms with E-state index in [1.54, 1.807) is 0 Å². The molecule has 2 saturated carbocycles. The molecule has 0 unspecified atom stereocenters. The van der Waals surface area contributed by atoms with E-state index in [9.17, 15) is 9.59 Å². The van der Waals surface area contributed by atoms with Crippen molar-refractivity contribution in [3.8, 4) is 0 Å². The van der Waals surface area contributed by atoms with Crippen molar-refractivity contribution in [2.45, 2.75) is 57.3 Å². The zero-order chi connectivity index (χ0) is 24.5. The summed E-state index contributed by atoms with van der Waals surface area (Å²) in [6, 6.07) is 18.7. The van der Waals surface area contributed by atoms with Crippen molar-refractivity contribution in [3.63, 3.8) is 0 Å². The maximum Gasteiger partial charge on any atom is 0.230 e. The summed E-state index contributed by atoms with van der Waals surface area (Å²) < 4.78 is 0. The number of hydrogen-bond acceptors (Lipinski definition) is 2. The van der Waals surface area contributed by atoms with Crippen LogP contribution in [0.5, 0.6) is 0 Å². The summed E-state index contributed by atoms with van der Waals surface area (Å²) in [6.45, 7) is 2.24. The first-order valence-corrected chi connectivity index (χ1v) is 13.8. The quantitative estimate of drug-likeness (QED) is 0.471. The van der Waals surface area contributed by atoms with Crippen LogP contribution in [0.2, 0.25) is 0 Å². The number of piperidine rings is 1. The molecule has 3 aliphatic rings. The molecule has 0 bridgehead atoms. The first kappa shape index (κ1) is 23.3. The van der Waals surface area contributed by atoms with E-state index in [0.29, 0.717) is 18.4 Å². The van der Waals surface area contributed by atoms with Crippen molar-refractivity contribution in [1.82, 2.24) is 15.2 Å². The maximum atomic E-state index is 13.7. The smallest absolute Gasteiger partial charge is 0.230 e. The van der Waals surface area contributed by atoms with E-state index < -0.39 is 0 Å². The number of amides is 2. The van der Waals surface area contributed by atoms with E-state index in [4.69, 9.17) is 0 Å². The molecule has 36 heavy (non-hydrogen) atoms. The minimum absolute atomic E-state index is 0.00874. The Kier molecular flexibility index (Phi) is 6.32.